The molecular weight excluding hydrogens is 315 g/mol. The van der Waals surface area contributed by atoms with Crippen LogP contribution in [0.15, 0.2) is 12.1 Å². The average Bonchev–Trinajstić information content (AvgIpc) is 2.41. The van der Waals surface area contributed by atoms with Gasteiger partial charge in [-0.25, -0.2) is 0 Å². The molecule has 21 heavy (non-hydrogen) atoms. The van der Waals surface area contributed by atoms with Crippen LogP contribution in [0.3, 0.4) is 0 Å². The number of nitrogens with zero attached hydrogens (tertiary/aromatic N) is 1. The molecule has 1 aromatic rings. The zero-order chi connectivity index (χ0) is 15.8. The topological polar surface area (TPSA) is 75.8 Å². The number of halogens is 2. The lowest BCUT2D eigenvalue weighted by Crippen LogP contribution is -2.55. The first-order chi connectivity index (χ1) is 9.73. The van der Waals surface area contributed by atoms with E-state index in [1.807, 2.05) is 13.8 Å². The van der Waals surface area contributed by atoms with Gasteiger partial charge in [-0.05, 0) is 26.0 Å². The fourth-order valence-electron chi connectivity index (χ4n) is 2.44. The van der Waals surface area contributed by atoms with Gasteiger partial charge in [0.25, 0.3) is 5.91 Å². The highest BCUT2D eigenvalue weighted by Crippen LogP contribution is 2.30. The molecule has 0 spiro atoms. The van der Waals surface area contributed by atoms with Crippen LogP contribution >= 0.6 is 23.2 Å². The Balaban J connectivity index is 2.27. The number of carbonyl (C=O) groups excluding carboxylic acids is 1. The first-order valence-electron chi connectivity index (χ1n) is 6.56. The number of rotatable bonds is 2. The number of carbonyl (C=O) groups is 1. The minimum atomic E-state index is -0.525. The van der Waals surface area contributed by atoms with Crippen LogP contribution in [0.5, 0.6) is 0 Å². The number of ether oxygens (including phenoxy) is 1. The molecule has 0 saturated carbocycles. The Morgan fingerprint density at radius 2 is 2.05 bits per heavy atom. The lowest BCUT2D eigenvalue weighted by atomic mass is 10.0. The largest absolute Gasteiger partial charge is 0.396 e. The van der Waals surface area contributed by atoms with E-state index in [2.05, 4.69) is 0 Å². The van der Waals surface area contributed by atoms with Gasteiger partial charge in [-0.15, -0.1) is 0 Å². The van der Waals surface area contributed by atoms with Crippen molar-refractivity contribution in [3.05, 3.63) is 27.7 Å². The molecular formula is C14H18Cl2N2O3. The standard InChI is InChI=1S/C14H18Cl2N2O3/c1-14(2)7-18(5-9(6-19)21-14)13(20)8-3-10(15)12(17)11(16)4-8/h3-4,9,19H,5-7,17H2,1-2H3. The van der Waals surface area contributed by atoms with Crippen LogP contribution in [0.1, 0.15) is 24.2 Å². The van der Waals surface area contributed by atoms with Crippen LogP contribution in [-0.4, -0.2) is 47.3 Å². The molecule has 1 fully saturated rings. The van der Waals surface area contributed by atoms with Crippen molar-refractivity contribution in [2.75, 3.05) is 25.4 Å². The Morgan fingerprint density at radius 3 is 2.57 bits per heavy atom. The van der Waals surface area contributed by atoms with Gasteiger partial charge in [-0.2, -0.15) is 0 Å². The van der Waals surface area contributed by atoms with Crippen LogP contribution in [0.2, 0.25) is 10.0 Å². The van der Waals surface area contributed by atoms with E-state index in [1.165, 1.54) is 12.1 Å². The van der Waals surface area contributed by atoms with Crippen molar-refractivity contribution in [3.8, 4) is 0 Å². The van der Waals surface area contributed by atoms with Crippen molar-refractivity contribution in [2.24, 2.45) is 0 Å². The number of amides is 1. The number of aliphatic hydroxyl groups excluding tert-OH is 1. The molecule has 1 aliphatic rings. The number of morpholine rings is 1. The van der Waals surface area contributed by atoms with Gasteiger partial charge in [-0.3, -0.25) is 4.79 Å². The Morgan fingerprint density at radius 1 is 1.48 bits per heavy atom. The molecule has 1 amide bonds. The third-order valence-corrected chi connectivity index (χ3v) is 3.92. The predicted molar refractivity (Wildman–Crippen MR) is 82.8 cm³/mol. The van der Waals surface area contributed by atoms with Crippen LogP contribution in [0, 0.1) is 0 Å². The van der Waals surface area contributed by atoms with Crippen molar-refractivity contribution in [3.63, 3.8) is 0 Å². The number of anilines is 1. The molecule has 0 radical (unpaired) electrons. The highest BCUT2D eigenvalue weighted by Gasteiger charge is 2.35. The van der Waals surface area contributed by atoms with Crippen molar-refractivity contribution in [1.29, 1.82) is 0 Å². The molecule has 1 aliphatic heterocycles. The van der Waals surface area contributed by atoms with E-state index in [0.29, 0.717) is 18.7 Å². The molecule has 1 heterocycles. The molecule has 1 saturated heterocycles. The molecule has 1 unspecified atom stereocenters. The van der Waals surface area contributed by atoms with Crippen molar-refractivity contribution >= 4 is 34.8 Å². The van der Waals surface area contributed by atoms with Gasteiger partial charge >= 0.3 is 0 Å². The van der Waals surface area contributed by atoms with E-state index < -0.39 is 11.7 Å². The summed E-state index contributed by atoms with van der Waals surface area (Å²) in [6, 6.07) is 3.00. The van der Waals surface area contributed by atoms with E-state index in [-0.39, 0.29) is 28.2 Å². The number of nitrogens with two attached hydrogens (primary N) is 1. The second-order valence-corrected chi connectivity index (χ2v) is 6.54. The van der Waals surface area contributed by atoms with Crippen LogP contribution in [-0.2, 0) is 4.74 Å². The average molecular weight is 333 g/mol. The number of benzene rings is 1. The van der Waals surface area contributed by atoms with E-state index in [1.54, 1.807) is 4.90 Å². The van der Waals surface area contributed by atoms with Crippen LogP contribution < -0.4 is 5.73 Å². The van der Waals surface area contributed by atoms with Crippen LogP contribution in [0.25, 0.3) is 0 Å². The zero-order valence-corrected chi connectivity index (χ0v) is 13.4. The predicted octanol–water partition coefficient (Wildman–Crippen LogP) is 2.19. The minimum absolute atomic E-state index is 0.142. The van der Waals surface area contributed by atoms with Gasteiger partial charge in [0.05, 0.1) is 34.0 Å². The second-order valence-electron chi connectivity index (χ2n) is 5.72. The lowest BCUT2D eigenvalue weighted by molar-refractivity contribution is -0.139. The van der Waals surface area contributed by atoms with Gasteiger partial charge in [0.2, 0.25) is 0 Å². The monoisotopic (exact) mass is 332 g/mol. The van der Waals surface area contributed by atoms with E-state index in [4.69, 9.17) is 33.7 Å². The molecule has 1 aromatic carbocycles. The van der Waals surface area contributed by atoms with E-state index in [9.17, 15) is 9.90 Å². The molecule has 1 atom stereocenters. The van der Waals surface area contributed by atoms with E-state index >= 15 is 0 Å². The third-order valence-electron chi connectivity index (χ3n) is 3.30. The Kier molecular flexibility index (Phi) is 4.68. The van der Waals surface area contributed by atoms with Gasteiger partial charge < -0.3 is 20.5 Å². The molecule has 0 aromatic heterocycles. The van der Waals surface area contributed by atoms with Gasteiger partial charge in [0, 0.05) is 18.7 Å². The van der Waals surface area contributed by atoms with Crippen molar-refractivity contribution in [1.82, 2.24) is 4.90 Å². The highest BCUT2D eigenvalue weighted by molar-refractivity contribution is 6.39. The zero-order valence-electron chi connectivity index (χ0n) is 11.9. The quantitative estimate of drug-likeness (QED) is 0.814. The second kappa shape index (κ2) is 6.01. The first-order valence-corrected chi connectivity index (χ1v) is 7.31. The molecule has 0 bridgehead atoms. The maximum atomic E-state index is 12.6. The number of aliphatic hydroxyl groups is 1. The highest BCUT2D eigenvalue weighted by atomic mass is 35.5. The maximum Gasteiger partial charge on any atom is 0.254 e. The van der Waals surface area contributed by atoms with Gasteiger partial charge in [0.15, 0.2) is 0 Å². The summed E-state index contributed by atoms with van der Waals surface area (Å²) in [5, 5.41) is 9.79. The lowest BCUT2D eigenvalue weighted by Gasteiger charge is -2.42. The Bertz CT molecular complexity index is 540. The molecule has 5 nitrogen and oxygen atoms in total. The molecule has 0 aliphatic carbocycles. The Labute approximate surface area is 133 Å². The fourth-order valence-corrected chi connectivity index (χ4v) is 2.92. The Hall–Kier alpha value is -1.01. The molecule has 7 heteroatoms. The number of hydrogen-bond acceptors (Lipinski definition) is 4. The van der Waals surface area contributed by atoms with Crippen molar-refractivity contribution in [2.45, 2.75) is 25.6 Å². The van der Waals surface area contributed by atoms with Crippen LogP contribution in [0.4, 0.5) is 5.69 Å². The normalized spacial score (nSPS) is 21.4. The first kappa shape index (κ1) is 16.4. The van der Waals surface area contributed by atoms with E-state index in [0.717, 1.165) is 0 Å². The summed E-state index contributed by atoms with van der Waals surface area (Å²) in [4.78, 5) is 14.2. The molecule has 2 rings (SSSR count). The molecule has 116 valence electrons. The number of nitrogen functional groups attached to an aromatic ring is 1. The summed E-state index contributed by atoms with van der Waals surface area (Å²) in [5.74, 6) is -0.214. The van der Waals surface area contributed by atoms with Crippen molar-refractivity contribution < 1.29 is 14.6 Å². The number of hydrogen-bond donors (Lipinski definition) is 2. The summed E-state index contributed by atoms with van der Waals surface area (Å²) >= 11 is 11.9. The fraction of sp³-hybridized carbons (Fsp3) is 0.500. The SMILES string of the molecule is CC1(C)CN(C(=O)c2cc(Cl)c(N)c(Cl)c2)CC(CO)O1. The summed E-state index contributed by atoms with van der Waals surface area (Å²) in [5.41, 5.74) is 5.77. The smallest absolute Gasteiger partial charge is 0.254 e. The molecule has 3 N–H and O–H groups in total. The summed E-state index contributed by atoms with van der Waals surface area (Å²) < 4.78 is 5.69. The summed E-state index contributed by atoms with van der Waals surface area (Å²) in [6.45, 7) is 4.34. The van der Waals surface area contributed by atoms with Gasteiger partial charge in [0.1, 0.15) is 0 Å². The summed E-state index contributed by atoms with van der Waals surface area (Å²) in [6.07, 6.45) is -0.405. The maximum absolute atomic E-state index is 12.6. The third kappa shape index (κ3) is 3.61. The minimum Gasteiger partial charge on any atom is -0.396 e. The van der Waals surface area contributed by atoms with Gasteiger partial charge in [-0.1, -0.05) is 23.2 Å². The summed E-state index contributed by atoms with van der Waals surface area (Å²) in [7, 11) is 0.